The van der Waals surface area contributed by atoms with Gasteiger partial charge >= 0.3 is 12.3 Å². The Morgan fingerprint density at radius 3 is 2.68 bits per heavy atom. The fourth-order valence-corrected chi connectivity index (χ4v) is 3.08. The number of para-hydroxylation sites is 1. The fourth-order valence-electron chi connectivity index (χ4n) is 3.08. The lowest BCUT2D eigenvalue weighted by Gasteiger charge is -2.14. The van der Waals surface area contributed by atoms with Crippen LogP contribution in [0.5, 0.6) is 5.75 Å². The molecule has 0 saturated heterocycles. The molecule has 6 nitrogen and oxygen atoms in total. The van der Waals surface area contributed by atoms with Gasteiger partial charge < -0.3 is 14.4 Å². The third kappa shape index (κ3) is 6.02. The van der Waals surface area contributed by atoms with Crippen LogP contribution in [0.1, 0.15) is 24.5 Å². The number of nitrogens with one attached hydrogen (secondary N) is 1. The van der Waals surface area contributed by atoms with E-state index in [-0.39, 0.29) is 12.2 Å². The smallest absolute Gasteiger partial charge is 0.481 e. The van der Waals surface area contributed by atoms with E-state index < -0.39 is 12.3 Å². The molecule has 0 saturated carbocycles. The second-order valence-corrected chi connectivity index (χ2v) is 6.72. The van der Waals surface area contributed by atoms with Gasteiger partial charge in [-0.05, 0) is 30.2 Å². The zero-order chi connectivity index (χ0) is 22.4. The second kappa shape index (κ2) is 9.57. The number of aliphatic carboxylic acids is 1. The van der Waals surface area contributed by atoms with Crippen molar-refractivity contribution >= 4 is 28.8 Å². The number of nitrogens with zero attached hydrogens (tertiary/aromatic N) is 1. The molecule has 0 amide bonds. The van der Waals surface area contributed by atoms with E-state index in [1.54, 1.807) is 23.0 Å². The summed E-state index contributed by atoms with van der Waals surface area (Å²) in [6.07, 6.45) is -0.929. The molecule has 1 heterocycles. The van der Waals surface area contributed by atoms with Crippen molar-refractivity contribution in [2.75, 3.05) is 6.61 Å². The average Bonchev–Trinajstić information content (AvgIpc) is 3.03. The van der Waals surface area contributed by atoms with E-state index in [1.807, 2.05) is 31.2 Å². The van der Waals surface area contributed by atoms with E-state index in [9.17, 15) is 23.1 Å². The average molecular weight is 434 g/mol. The fraction of sp³-hybridized carbons (Fsp3) is 0.227. The number of hydrogen-bond donors (Lipinski definition) is 2. The number of hydroxylamine groups is 1. The summed E-state index contributed by atoms with van der Waals surface area (Å²) < 4.78 is 43.6. The van der Waals surface area contributed by atoms with Crippen molar-refractivity contribution in [2.45, 2.75) is 26.1 Å². The monoisotopic (exact) mass is 434 g/mol. The highest BCUT2D eigenvalue weighted by Gasteiger charge is 2.31. The summed E-state index contributed by atoms with van der Waals surface area (Å²) in [7, 11) is 0. The number of hydrogen-bond acceptors (Lipinski definition) is 4. The van der Waals surface area contributed by atoms with Crippen LogP contribution < -0.4 is 10.2 Å². The zero-order valence-corrected chi connectivity index (χ0v) is 16.6. The molecule has 3 aromatic rings. The number of ether oxygens (including phenoxy) is 1. The van der Waals surface area contributed by atoms with Crippen LogP contribution in [-0.2, 0) is 16.1 Å². The van der Waals surface area contributed by atoms with Gasteiger partial charge in [0.15, 0.2) is 0 Å². The quantitative estimate of drug-likeness (QED) is 0.364. The molecule has 0 fully saturated rings. The van der Waals surface area contributed by atoms with Crippen LogP contribution in [-0.4, -0.2) is 28.6 Å². The first-order chi connectivity index (χ1) is 14.8. The first-order valence-electron chi connectivity index (χ1n) is 9.53. The van der Waals surface area contributed by atoms with Crippen LogP contribution in [0.2, 0.25) is 0 Å². The Morgan fingerprint density at radius 1 is 1.19 bits per heavy atom. The van der Waals surface area contributed by atoms with Gasteiger partial charge in [-0.3, -0.25) is 15.1 Å². The van der Waals surface area contributed by atoms with E-state index in [1.165, 1.54) is 18.2 Å². The van der Waals surface area contributed by atoms with Crippen LogP contribution in [0.25, 0.3) is 22.8 Å². The minimum atomic E-state index is -4.81. The van der Waals surface area contributed by atoms with Crippen molar-refractivity contribution < 1.29 is 32.6 Å². The number of rotatable bonds is 9. The Kier molecular flexibility index (Phi) is 6.86. The third-order valence-corrected chi connectivity index (χ3v) is 4.30. The summed E-state index contributed by atoms with van der Waals surface area (Å²) in [5.41, 5.74) is 4.91. The number of carboxylic acid groups (broad SMARTS) is 1. The number of benzene rings is 2. The maximum Gasteiger partial charge on any atom is 0.573 e. The topological polar surface area (TPSA) is 72.7 Å². The zero-order valence-electron chi connectivity index (χ0n) is 16.6. The normalized spacial score (nSPS) is 12.2. The molecule has 1 aromatic heterocycles. The lowest BCUT2D eigenvalue weighted by atomic mass is 10.1. The molecular weight excluding hydrogens is 413 g/mol. The van der Waals surface area contributed by atoms with Crippen molar-refractivity contribution in [3.63, 3.8) is 0 Å². The number of aromatic nitrogens is 1. The van der Waals surface area contributed by atoms with Crippen molar-refractivity contribution in [2.24, 2.45) is 0 Å². The van der Waals surface area contributed by atoms with Crippen LogP contribution in [0.3, 0.4) is 0 Å². The van der Waals surface area contributed by atoms with Crippen LogP contribution in [0.4, 0.5) is 13.2 Å². The van der Waals surface area contributed by atoms with Crippen molar-refractivity contribution in [3.8, 4) is 5.75 Å². The predicted octanol–water partition coefficient (Wildman–Crippen LogP) is 5.05. The maximum atomic E-state index is 12.6. The van der Waals surface area contributed by atoms with E-state index in [0.717, 1.165) is 17.3 Å². The largest absolute Gasteiger partial charge is 0.573 e. The Hall–Kier alpha value is -3.46. The van der Waals surface area contributed by atoms with Crippen LogP contribution in [0, 0.1) is 0 Å². The SMILES string of the molecule is CCCONC(=Cn1cc(CC(=O)O)c2ccccc21)c1cccc(OC(F)(F)F)c1. The summed E-state index contributed by atoms with van der Waals surface area (Å²) in [6.45, 7) is 2.30. The number of alkyl halides is 3. The third-order valence-electron chi connectivity index (χ3n) is 4.30. The molecule has 0 atom stereocenters. The molecule has 0 unspecified atom stereocenters. The Bertz CT molecular complexity index is 1090. The van der Waals surface area contributed by atoms with Gasteiger partial charge in [-0.2, -0.15) is 0 Å². The lowest BCUT2D eigenvalue weighted by Crippen LogP contribution is -2.18. The Labute approximate surface area is 176 Å². The van der Waals surface area contributed by atoms with Gasteiger partial charge in [0.05, 0.1) is 24.2 Å². The summed E-state index contributed by atoms with van der Waals surface area (Å²) in [5, 5.41) is 9.97. The Morgan fingerprint density at radius 2 is 1.97 bits per heavy atom. The van der Waals surface area contributed by atoms with Gasteiger partial charge in [0.2, 0.25) is 0 Å². The molecular formula is C22H21F3N2O4. The molecule has 0 radical (unpaired) electrons. The standard InChI is InChI=1S/C22H21F3N2O4/c1-2-10-30-26-19(15-6-5-7-17(11-15)31-22(23,24)25)14-27-13-16(12-21(28)29)18-8-3-4-9-20(18)27/h3-9,11,13-14,26H,2,10,12H2,1H3,(H,28,29). The van der Waals surface area contributed by atoms with Crippen molar-refractivity contribution in [1.29, 1.82) is 0 Å². The first-order valence-corrected chi connectivity index (χ1v) is 9.53. The summed E-state index contributed by atoms with van der Waals surface area (Å²) in [5.74, 6) is -1.33. The first kappa shape index (κ1) is 22.2. The predicted molar refractivity (Wildman–Crippen MR) is 110 cm³/mol. The van der Waals surface area contributed by atoms with E-state index in [4.69, 9.17) is 4.84 Å². The molecule has 2 N–H and O–H groups in total. The molecule has 9 heteroatoms. The highest BCUT2D eigenvalue weighted by Crippen LogP contribution is 2.27. The number of fused-ring (bicyclic) bond motifs is 1. The van der Waals surface area contributed by atoms with E-state index in [2.05, 4.69) is 10.2 Å². The molecule has 0 aliphatic heterocycles. The van der Waals surface area contributed by atoms with Gasteiger partial charge in [-0.25, -0.2) is 0 Å². The lowest BCUT2D eigenvalue weighted by molar-refractivity contribution is -0.274. The highest BCUT2D eigenvalue weighted by atomic mass is 19.4. The van der Waals surface area contributed by atoms with Gasteiger partial charge in [-0.1, -0.05) is 37.3 Å². The molecule has 0 aliphatic carbocycles. The maximum absolute atomic E-state index is 12.6. The number of halogens is 3. The molecule has 0 bridgehead atoms. The van der Waals surface area contributed by atoms with Crippen molar-refractivity contribution in [1.82, 2.24) is 10.0 Å². The highest BCUT2D eigenvalue weighted by molar-refractivity contribution is 5.90. The minimum absolute atomic E-state index is 0.161. The molecule has 31 heavy (non-hydrogen) atoms. The molecule has 2 aromatic carbocycles. The molecule has 0 spiro atoms. The van der Waals surface area contributed by atoms with Crippen LogP contribution in [0.15, 0.2) is 54.7 Å². The van der Waals surface area contributed by atoms with E-state index >= 15 is 0 Å². The number of carbonyl (C=O) groups is 1. The molecule has 3 rings (SSSR count). The number of carboxylic acids is 1. The molecule has 0 aliphatic rings. The van der Waals surface area contributed by atoms with E-state index in [0.29, 0.717) is 23.4 Å². The molecule has 164 valence electrons. The summed E-state index contributed by atoms with van der Waals surface area (Å²) in [6, 6.07) is 12.8. The Balaban J connectivity index is 2.05. The summed E-state index contributed by atoms with van der Waals surface area (Å²) >= 11 is 0. The summed E-state index contributed by atoms with van der Waals surface area (Å²) in [4.78, 5) is 16.6. The van der Waals surface area contributed by atoms with Crippen molar-refractivity contribution in [3.05, 3.63) is 65.9 Å². The van der Waals surface area contributed by atoms with Gasteiger partial charge in [0.25, 0.3) is 0 Å². The van der Waals surface area contributed by atoms with Gasteiger partial charge in [0, 0.05) is 23.3 Å². The van der Waals surface area contributed by atoms with Gasteiger partial charge in [-0.15, -0.1) is 13.2 Å². The minimum Gasteiger partial charge on any atom is -0.481 e. The second-order valence-electron chi connectivity index (χ2n) is 6.72. The van der Waals surface area contributed by atoms with Crippen LogP contribution >= 0.6 is 0 Å². The van der Waals surface area contributed by atoms with Gasteiger partial charge in [0.1, 0.15) is 5.75 Å².